The Labute approximate surface area is 155 Å². The first-order valence-electron chi connectivity index (χ1n) is 9.54. The van der Waals surface area contributed by atoms with Gasteiger partial charge in [0.15, 0.2) is 0 Å². The molecule has 1 aromatic rings. The maximum absolute atomic E-state index is 10.3. The number of ether oxygens (including phenoxy) is 1. The van der Waals surface area contributed by atoms with Crippen molar-refractivity contribution in [2.45, 2.75) is 82.1 Å². The Morgan fingerprint density at radius 1 is 1.23 bits per heavy atom. The predicted octanol–water partition coefficient (Wildman–Crippen LogP) is 2.82. The van der Waals surface area contributed by atoms with Crippen LogP contribution >= 0.6 is 0 Å². The van der Waals surface area contributed by atoms with Gasteiger partial charge in [0.05, 0.1) is 17.9 Å². The van der Waals surface area contributed by atoms with E-state index in [1.165, 1.54) is 0 Å². The highest BCUT2D eigenvalue weighted by Gasteiger charge is 2.30. The van der Waals surface area contributed by atoms with Gasteiger partial charge in [0.25, 0.3) is 0 Å². The van der Waals surface area contributed by atoms with Gasteiger partial charge in [-0.3, -0.25) is 0 Å². The zero-order valence-corrected chi connectivity index (χ0v) is 15.7. The van der Waals surface area contributed by atoms with Crippen molar-refractivity contribution < 1.29 is 9.84 Å². The summed E-state index contributed by atoms with van der Waals surface area (Å²) in [5.41, 5.74) is -0.222. The van der Waals surface area contributed by atoms with E-state index in [1.807, 2.05) is 6.92 Å². The molecule has 3 N–H and O–H groups in total. The summed E-state index contributed by atoms with van der Waals surface area (Å²) in [6.45, 7) is 1.87. The van der Waals surface area contributed by atoms with E-state index in [-0.39, 0.29) is 6.04 Å². The Morgan fingerprint density at radius 3 is 2.65 bits per heavy atom. The number of aromatic nitrogens is 2. The molecule has 7 nitrogen and oxygen atoms in total. The standard InChI is InChI=1S/C19H29N5O2/c1-19(25)9-3-4-15(10-19)22-17-13(11-20)12-21-18(24-17)23-14-5-7-16(26-2)8-6-14/h12,14-16,25H,3-10H2,1-2H3,(H2,21,22,23,24)/t14?,15-,16?,19+/m1/s1. The molecule has 2 atom stereocenters. The van der Waals surface area contributed by atoms with Crippen LogP contribution < -0.4 is 10.6 Å². The lowest BCUT2D eigenvalue weighted by molar-refractivity contribution is 0.0182. The Morgan fingerprint density at radius 2 is 2.00 bits per heavy atom. The molecule has 1 heterocycles. The van der Waals surface area contributed by atoms with Crippen molar-refractivity contribution in [3.8, 4) is 6.07 Å². The molecule has 0 unspecified atom stereocenters. The van der Waals surface area contributed by atoms with E-state index in [9.17, 15) is 10.4 Å². The van der Waals surface area contributed by atoms with Crippen LogP contribution in [0.4, 0.5) is 11.8 Å². The van der Waals surface area contributed by atoms with Gasteiger partial charge >= 0.3 is 0 Å². The predicted molar refractivity (Wildman–Crippen MR) is 99.9 cm³/mol. The molecule has 142 valence electrons. The fourth-order valence-electron chi connectivity index (χ4n) is 4.05. The highest BCUT2D eigenvalue weighted by Crippen LogP contribution is 2.30. The number of nitrogens with zero attached hydrogens (tertiary/aromatic N) is 3. The van der Waals surface area contributed by atoms with Crippen molar-refractivity contribution in [1.29, 1.82) is 5.26 Å². The molecule has 3 rings (SSSR count). The lowest BCUT2D eigenvalue weighted by Gasteiger charge is -2.34. The average molecular weight is 359 g/mol. The van der Waals surface area contributed by atoms with E-state index in [0.29, 0.717) is 35.9 Å². The monoisotopic (exact) mass is 359 g/mol. The van der Waals surface area contributed by atoms with Gasteiger partial charge < -0.3 is 20.5 Å². The molecule has 2 aliphatic rings. The maximum Gasteiger partial charge on any atom is 0.224 e. The Bertz CT molecular complexity index is 650. The molecule has 0 spiro atoms. The SMILES string of the molecule is COC1CCC(Nc2ncc(C#N)c(N[C@@H]3CCC[C@](C)(O)C3)n2)CC1. The van der Waals surface area contributed by atoms with Crippen LogP contribution in [0.15, 0.2) is 6.20 Å². The van der Waals surface area contributed by atoms with Gasteiger partial charge in [-0.2, -0.15) is 10.2 Å². The normalized spacial score (nSPS) is 31.8. The third-order valence-electron chi connectivity index (χ3n) is 5.54. The first kappa shape index (κ1) is 18.9. The van der Waals surface area contributed by atoms with Crippen molar-refractivity contribution in [3.63, 3.8) is 0 Å². The van der Waals surface area contributed by atoms with Gasteiger partial charge in [0.1, 0.15) is 17.5 Å². The summed E-state index contributed by atoms with van der Waals surface area (Å²) in [5, 5.41) is 26.4. The van der Waals surface area contributed by atoms with E-state index >= 15 is 0 Å². The van der Waals surface area contributed by atoms with Gasteiger partial charge in [-0.15, -0.1) is 0 Å². The molecule has 0 aromatic carbocycles. The second kappa shape index (κ2) is 8.19. The maximum atomic E-state index is 10.3. The molecule has 2 aliphatic carbocycles. The largest absolute Gasteiger partial charge is 0.390 e. The lowest BCUT2D eigenvalue weighted by Crippen LogP contribution is -2.38. The average Bonchev–Trinajstić information content (AvgIpc) is 2.62. The van der Waals surface area contributed by atoms with Crippen LogP contribution in [0.2, 0.25) is 0 Å². The van der Waals surface area contributed by atoms with Crippen LogP contribution in [0, 0.1) is 11.3 Å². The summed E-state index contributed by atoms with van der Waals surface area (Å²) in [5.74, 6) is 1.10. The number of hydrogen-bond donors (Lipinski definition) is 3. The number of hydrogen-bond acceptors (Lipinski definition) is 7. The smallest absolute Gasteiger partial charge is 0.224 e. The lowest BCUT2D eigenvalue weighted by atomic mass is 9.83. The number of nitriles is 1. The molecule has 2 saturated carbocycles. The van der Waals surface area contributed by atoms with Crippen LogP contribution in [0.1, 0.15) is 63.9 Å². The van der Waals surface area contributed by atoms with E-state index < -0.39 is 5.60 Å². The van der Waals surface area contributed by atoms with Crippen LogP contribution in [0.3, 0.4) is 0 Å². The van der Waals surface area contributed by atoms with Crippen molar-refractivity contribution in [2.75, 3.05) is 17.7 Å². The minimum absolute atomic E-state index is 0.116. The quantitative estimate of drug-likeness (QED) is 0.743. The Balaban J connectivity index is 1.66. The minimum atomic E-state index is -0.656. The molecule has 0 bridgehead atoms. The molecular formula is C19H29N5O2. The highest BCUT2D eigenvalue weighted by atomic mass is 16.5. The third kappa shape index (κ3) is 4.83. The van der Waals surface area contributed by atoms with Crippen molar-refractivity contribution in [2.24, 2.45) is 0 Å². The summed E-state index contributed by atoms with van der Waals surface area (Å²) >= 11 is 0. The summed E-state index contributed by atoms with van der Waals surface area (Å²) in [6, 6.07) is 2.60. The number of rotatable bonds is 5. The fraction of sp³-hybridized carbons (Fsp3) is 0.737. The van der Waals surface area contributed by atoms with Gasteiger partial charge in [0.2, 0.25) is 5.95 Å². The number of anilines is 2. The van der Waals surface area contributed by atoms with Crippen LogP contribution in [0.25, 0.3) is 0 Å². The number of methoxy groups -OCH3 is 1. The minimum Gasteiger partial charge on any atom is -0.390 e. The van der Waals surface area contributed by atoms with Crippen molar-refractivity contribution in [1.82, 2.24) is 9.97 Å². The van der Waals surface area contributed by atoms with E-state index in [2.05, 4.69) is 26.7 Å². The molecule has 0 amide bonds. The molecule has 0 saturated heterocycles. The number of nitrogens with one attached hydrogen (secondary N) is 2. The molecular weight excluding hydrogens is 330 g/mol. The van der Waals surface area contributed by atoms with E-state index in [0.717, 1.165) is 44.9 Å². The van der Waals surface area contributed by atoms with Crippen LogP contribution in [-0.2, 0) is 4.74 Å². The first-order valence-corrected chi connectivity index (χ1v) is 9.54. The highest BCUT2D eigenvalue weighted by molar-refractivity contribution is 5.54. The zero-order chi connectivity index (χ0) is 18.6. The van der Waals surface area contributed by atoms with Crippen LogP contribution in [0.5, 0.6) is 0 Å². The summed E-state index contributed by atoms with van der Waals surface area (Å²) < 4.78 is 5.41. The second-order valence-electron chi connectivity index (χ2n) is 7.86. The van der Waals surface area contributed by atoms with Gasteiger partial charge in [-0.05, 0) is 58.3 Å². The molecule has 1 aromatic heterocycles. The first-order chi connectivity index (χ1) is 12.5. The number of aliphatic hydroxyl groups is 1. The van der Waals surface area contributed by atoms with Gasteiger partial charge in [-0.1, -0.05) is 0 Å². The van der Waals surface area contributed by atoms with Gasteiger partial charge in [-0.25, -0.2) is 4.98 Å². The summed E-state index contributed by atoms with van der Waals surface area (Å²) in [4.78, 5) is 8.85. The van der Waals surface area contributed by atoms with E-state index in [1.54, 1.807) is 13.3 Å². The summed E-state index contributed by atoms with van der Waals surface area (Å²) in [7, 11) is 1.77. The topological polar surface area (TPSA) is 103 Å². The third-order valence-corrected chi connectivity index (χ3v) is 5.54. The molecule has 2 fully saturated rings. The second-order valence-corrected chi connectivity index (χ2v) is 7.86. The fourth-order valence-corrected chi connectivity index (χ4v) is 4.05. The molecule has 0 aliphatic heterocycles. The van der Waals surface area contributed by atoms with Crippen molar-refractivity contribution in [3.05, 3.63) is 11.8 Å². The molecule has 7 heteroatoms. The zero-order valence-electron chi connectivity index (χ0n) is 15.7. The van der Waals surface area contributed by atoms with Gasteiger partial charge in [0, 0.05) is 19.2 Å². The Kier molecular flexibility index (Phi) is 5.94. The van der Waals surface area contributed by atoms with Crippen molar-refractivity contribution >= 4 is 11.8 Å². The van der Waals surface area contributed by atoms with E-state index in [4.69, 9.17) is 4.74 Å². The molecule has 0 radical (unpaired) electrons. The summed E-state index contributed by atoms with van der Waals surface area (Å²) in [6.07, 6.45) is 9.44. The Hall–Kier alpha value is -1.91. The van der Waals surface area contributed by atoms with Crippen LogP contribution in [-0.4, -0.2) is 46.0 Å². The molecule has 26 heavy (non-hydrogen) atoms.